The van der Waals surface area contributed by atoms with Crippen LogP contribution in [0.3, 0.4) is 0 Å². The monoisotopic (exact) mass is 358 g/mol. The van der Waals surface area contributed by atoms with Crippen molar-refractivity contribution in [2.24, 2.45) is 5.92 Å². The second-order valence-electron chi connectivity index (χ2n) is 7.45. The lowest BCUT2D eigenvalue weighted by Gasteiger charge is -2.30. The standard InChI is InChI=1S/C20H26N2O4/c1-13(19(25)26)22(11-10-21-14(2)23)18(24)17-12-20(17)9-5-7-15-6-3-4-8-16(15)20/h3-4,6,8,13,17H,5,7,9-12H2,1-2H3,(H,21,23)(H,25,26). The van der Waals surface area contributed by atoms with Gasteiger partial charge in [-0.05, 0) is 43.7 Å². The number of carbonyl (C=O) groups excluding carboxylic acids is 2. The van der Waals surface area contributed by atoms with Crippen molar-refractivity contribution >= 4 is 17.8 Å². The lowest BCUT2D eigenvalue weighted by molar-refractivity contribution is -0.150. The third-order valence-electron chi connectivity index (χ3n) is 5.83. The zero-order valence-electron chi connectivity index (χ0n) is 15.3. The topological polar surface area (TPSA) is 86.7 Å². The quantitative estimate of drug-likeness (QED) is 0.811. The molecule has 0 heterocycles. The molecule has 1 aromatic carbocycles. The van der Waals surface area contributed by atoms with Crippen LogP contribution in [0.15, 0.2) is 24.3 Å². The molecule has 3 atom stereocenters. The van der Waals surface area contributed by atoms with Crippen LogP contribution < -0.4 is 5.32 Å². The molecule has 0 aromatic heterocycles. The minimum atomic E-state index is -1.03. The van der Waals surface area contributed by atoms with Crippen LogP contribution in [-0.4, -0.2) is 46.9 Å². The van der Waals surface area contributed by atoms with Gasteiger partial charge in [0.2, 0.25) is 11.8 Å². The highest BCUT2D eigenvalue weighted by atomic mass is 16.4. The van der Waals surface area contributed by atoms with E-state index in [9.17, 15) is 19.5 Å². The maximum atomic E-state index is 13.2. The second kappa shape index (κ2) is 7.09. The van der Waals surface area contributed by atoms with E-state index in [0.29, 0.717) is 0 Å². The maximum Gasteiger partial charge on any atom is 0.326 e. The summed E-state index contributed by atoms with van der Waals surface area (Å²) in [6.45, 7) is 3.40. The minimum absolute atomic E-state index is 0.109. The molecule has 140 valence electrons. The number of hydrogen-bond donors (Lipinski definition) is 2. The van der Waals surface area contributed by atoms with Crippen molar-refractivity contribution in [2.75, 3.05) is 13.1 Å². The molecule has 26 heavy (non-hydrogen) atoms. The Labute approximate surface area is 153 Å². The number of hydrogen-bond acceptors (Lipinski definition) is 3. The largest absolute Gasteiger partial charge is 0.480 e. The molecule has 0 bridgehead atoms. The van der Waals surface area contributed by atoms with E-state index in [0.717, 1.165) is 25.7 Å². The zero-order chi connectivity index (χ0) is 18.9. The SMILES string of the molecule is CC(=O)NCCN(C(=O)C1CC12CCCc1ccccc12)C(C)C(=O)O. The molecule has 0 radical (unpaired) electrons. The van der Waals surface area contributed by atoms with E-state index in [1.165, 1.54) is 29.9 Å². The number of carboxylic acids is 1. The minimum Gasteiger partial charge on any atom is -0.480 e. The maximum absolute atomic E-state index is 13.2. The Bertz CT molecular complexity index is 732. The Kier molecular flexibility index (Phi) is 5.03. The highest BCUT2D eigenvalue weighted by Crippen LogP contribution is 2.60. The van der Waals surface area contributed by atoms with Gasteiger partial charge in [0.1, 0.15) is 6.04 Å². The first-order valence-corrected chi connectivity index (χ1v) is 9.23. The molecule has 3 unspecified atom stereocenters. The summed E-state index contributed by atoms with van der Waals surface area (Å²) in [6, 6.07) is 7.38. The Hall–Kier alpha value is -2.37. The summed E-state index contributed by atoms with van der Waals surface area (Å²) in [5, 5.41) is 12.0. The van der Waals surface area contributed by atoms with E-state index in [1.54, 1.807) is 0 Å². The zero-order valence-corrected chi connectivity index (χ0v) is 15.3. The second-order valence-corrected chi connectivity index (χ2v) is 7.45. The molecule has 2 aliphatic rings. The van der Waals surface area contributed by atoms with Crippen molar-refractivity contribution in [3.8, 4) is 0 Å². The van der Waals surface area contributed by atoms with Crippen molar-refractivity contribution in [1.29, 1.82) is 0 Å². The summed E-state index contributed by atoms with van der Waals surface area (Å²) in [4.78, 5) is 37.1. The molecule has 1 saturated carbocycles. The summed E-state index contributed by atoms with van der Waals surface area (Å²) < 4.78 is 0. The van der Waals surface area contributed by atoms with Crippen LogP contribution in [0.1, 0.15) is 44.2 Å². The van der Waals surface area contributed by atoms with Gasteiger partial charge in [-0.15, -0.1) is 0 Å². The number of fused-ring (bicyclic) bond motifs is 2. The normalized spacial score (nSPS) is 24.5. The van der Waals surface area contributed by atoms with Gasteiger partial charge < -0.3 is 15.3 Å². The molecule has 3 rings (SSSR count). The Morgan fingerprint density at radius 2 is 2.08 bits per heavy atom. The van der Waals surface area contributed by atoms with Crippen LogP contribution in [0.2, 0.25) is 0 Å². The molecular formula is C20H26N2O4. The molecule has 6 heteroatoms. The number of aliphatic carboxylic acids is 1. The summed E-state index contributed by atoms with van der Waals surface area (Å²) in [5.74, 6) is -1.49. The molecule has 1 aromatic rings. The predicted octanol–water partition coefficient (Wildman–Crippen LogP) is 1.72. The fraction of sp³-hybridized carbons (Fsp3) is 0.550. The number of carbonyl (C=O) groups is 3. The average molecular weight is 358 g/mol. The number of benzene rings is 1. The number of nitrogens with zero attached hydrogens (tertiary/aromatic N) is 1. The molecular weight excluding hydrogens is 332 g/mol. The molecule has 1 spiro atoms. The van der Waals surface area contributed by atoms with Crippen molar-refractivity contribution < 1.29 is 19.5 Å². The van der Waals surface area contributed by atoms with E-state index in [-0.39, 0.29) is 36.2 Å². The van der Waals surface area contributed by atoms with Crippen molar-refractivity contribution in [3.63, 3.8) is 0 Å². The van der Waals surface area contributed by atoms with Crippen LogP contribution in [0, 0.1) is 5.92 Å². The first-order chi connectivity index (χ1) is 12.4. The van der Waals surface area contributed by atoms with Crippen LogP contribution in [0.25, 0.3) is 0 Å². The molecule has 0 saturated heterocycles. The third-order valence-corrected chi connectivity index (χ3v) is 5.83. The Morgan fingerprint density at radius 1 is 1.35 bits per heavy atom. The van der Waals surface area contributed by atoms with Gasteiger partial charge >= 0.3 is 5.97 Å². The molecule has 2 amide bonds. The highest BCUT2D eigenvalue weighted by molar-refractivity contribution is 5.88. The predicted molar refractivity (Wildman–Crippen MR) is 96.7 cm³/mol. The van der Waals surface area contributed by atoms with Gasteiger partial charge in [-0.3, -0.25) is 9.59 Å². The third kappa shape index (κ3) is 3.32. The van der Waals surface area contributed by atoms with Gasteiger partial charge in [0.25, 0.3) is 0 Å². The number of rotatable bonds is 6. The van der Waals surface area contributed by atoms with Crippen molar-refractivity contribution in [3.05, 3.63) is 35.4 Å². The van der Waals surface area contributed by atoms with E-state index in [2.05, 4.69) is 17.4 Å². The van der Waals surface area contributed by atoms with Gasteiger partial charge in [0, 0.05) is 31.3 Å². The molecule has 2 N–H and O–H groups in total. The van der Waals surface area contributed by atoms with Crippen molar-refractivity contribution in [1.82, 2.24) is 10.2 Å². The fourth-order valence-corrected chi connectivity index (χ4v) is 4.34. The number of aryl methyl sites for hydroxylation is 1. The highest BCUT2D eigenvalue weighted by Gasteiger charge is 2.61. The lowest BCUT2D eigenvalue weighted by atomic mass is 9.78. The van der Waals surface area contributed by atoms with Gasteiger partial charge in [-0.2, -0.15) is 0 Å². The molecule has 6 nitrogen and oxygen atoms in total. The van der Waals surface area contributed by atoms with E-state index < -0.39 is 12.0 Å². The van der Waals surface area contributed by atoms with Gasteiger partial charge in [-0.1, -0.05) is 24.3 Å². The first-order valence-electron chi connectivity index (χ1n) is 9.23. The van der Waals surface area contributed by atoms with Crippen LogP contribution >= 0.6 is 0 Å². The lowest BCUT2D eigenvalue weighted by Crippen LogP contribution is -2.48. The summed E-state index contributed by atoms with van der Waals surface area (Å²) in [5.41, 5.74) is 2.44. The Morgan fingerprint density at radius 3 is 2.77 bits per heavy atom. The summed E-state index contributed by atoms with van der Waals surface area (Å²) in [7, 11) is 0. The smallest absolute Gasteiger partial charge is 0.326 e. The van der Waals surface area contributed by atoms with Crippen molar-refractivity contribution in [2.45, 2.75) is 51.0 Å². The first kappa shape index (κ1) is 18.4. The fourth-order valence-electron chi connectivity index (χ4n) is 4.34. The van der Waals surface area contributed by atoms with Crippen LogP contribution in [0.4, 0.5) is 0 Å². The Balaban J connectivity index is 1.78. The molecule has 0 aliphatic heterocycles. The van der Waals surface area contributed by atoms with Gasteiger partial charge in [-0.25, -0.2) is 4.79 Å². The number of nitrogens with one attached hydrogen (secondary N) is 1. The van der Waals surface area contributed by atoms with Gasteiger partial charge in [0.05, 0.1) is 0 Å². The summed E-state index contributed by atoms with van der Waals surface area (Å²) in [6.07, 6.45) is 3.85. The van der Waals surface area contributed by atoms with Gasteiger partial charge in [0.15, 0.2) is 0 Å². The molecule has 2 aliphatic carbocycles. The van der Waals surface area contributed by atoms with E-state index >= 15 is 0 Å². The number of amides is 2. The average Bonchev–Trinajstić information content (AvgIpc) is 3.32. The summed E-state index contributed by atoms with van der Waals surface area (Å²) >= 11 is 0. The van der Waals surface area contributed by atoms with Crippen LogP contribution in [0.5, 0.6) is 0 Å². The molecule has 1 fully saturated rings. The number of carboxylic acid groups (broad SMARTS) is 1. The van der Waals surface area contributed by atoms with E-state index in [1.807, 2.05) is 12.1 Å². The van der Waals surface area contributed by atoms with Crippen LogP contribution in [-0.2, 0) is 26.2 Å². The van der Waals surface area contributed by atoms with E-state index in [4.69, 9.17) is 0 Å².